The van der Waals surface area contributed by atoms with Crippen molar-refractivity contribution in [3.63, 3.8) is 0 Å². The van der Waals surface area contributed by atoms with Crippen LogP contribution in [0.5, 0.6) is 0 Å². The molecule has 2 N–H and O–H groups in total. The Labute approximate surface area is 173 Å². The van der Waals surface area contributed by atoms with Gasteiger partial charge in [0.15, 0.2) is 0 Å². The average Bonchev–Trinajstić information content (AvgIpc) is 3.20. The van der Waals surface area contributed by atoms with Gasteiger partial charge in [-0.25, -0.2) is 8.42 Å². The van der Waals surface area contributed by atoms with E-state index >= 15 is 0 Å². The van der Waals surface area contributed by atoms with Gasteiger partial charge in [0, 0.05) is 26.2 Å². The molecule has 2 saturated heterocycles. The van der Waals surface area contributed by atoms with Crippen LogP contribution in [0.1, 0.15) is 32.1 Å². The number of carbonyl (C=O) groups is 1. The van der Waals surface area contributed by atoms with Crippen molar-refractivity contribution in [2.75, 3.05) is 32.8 Å². The van der Waals surface area contributed by atoms with Crippen molar-refractivity contribution in [1.29, 1.82) is 0 Å². The van der Waals surface area contributed by atoms with Gasteiger partial charge >= 0.3 is 0 Å². The minimum atomic E-state index is -3.65. The summed E-state index contributed by atoms with van der Waals surface area (Å²) in [5, 5.41) is 0. The van der Waals surface area contributed by atoms with Crippen molar-refractivity contribution in [3.05, 3.63) is 30.3 Å². The molecule has 2 heterocycles. The van der Waals surface area contributed by atoms with Gasteiger partial charge < -0.3 is 15.4 Å². The van der Waals surface area contributed by atoms with Crippen LogP contribution in [0.4, 0.5) is 0 Å². The van der Waals surface area contributed by atoms with Crippen LogP contribution < -0.4 is 5.73 Å². The lowest BCUT2D eigenvalue weighted by Gasteiger charge is -2.35. The maximum atomic E-state index is 13.0. The molecule has 0 aliphatic carbocycles. The fourth-order valence-corrected chi connectivity index (χ4v) is 5.46. The van der Waals surface area contributed by atoms with Crippen LogP contribution >= 0.6 is 12.4 Å². The van der Waals surface area contributed by atoms with Crippen LogP contribution in [-0.2, 0) is 19.6 Å². The van der Waals surface area contributed by atoms with E-state index < -0.39 is 16.1 Å². The SMILES string of the molecule is Cl.NCCCOC1CCN(C(=O)C2CCCN2S(=O)(=O)c2ccccc2)CC1. The van der Waals surface area contributed by atoms with Crippen molar-refractivity contribution >= 4 is 28.3 Å². The van der Waals surface area contributed by atoms with E-state index in [1.165, 1.54) is 4.31 Å². The average molecular weight is 432 g/mol. The van der Waals surface area contributed by atoms with Crippen LogP contribution in [0.15, 0.2) is 35.2 Å². The Balaban J connectivity index is 0.00000280. The fraction of sp³-hybridized carbons (Fsp3) is 0.632. The fourth-order valence-electron chi connectivity index (χ4n) is 3.79. The zero-order valence-corrected chi connectivity index (χ0v) is 17.7. The van der Waals surface area contributed by atoms with Gasteiger partial charge in [0.1, 0.15) is 6.04 Å². The molecule has 0 spiro atoms. The summed E-state index contributed by atoms with van der Waals surface area (Å²) < 4.78 is 33.1. The molecule has 158 valence electrons. The summed E-state index contributed by atoms with van der Waals surface area (Å²) in [7, 11) is -3.65. The van der Waals surface area contributed by atoms with Gasteiger partial charge in [0.05, 0.1) is 11.0 Å². The number of piperidine rings is 1. The maximum absolute atomic E-state index is 13.0. The van der Waals surface area contributed by atoms with Crippen molar-refractivity contribution < 1.29 is 17.9 Å². The topological polar surface area (TPSA) is 92.9 Å². The molecule has 28 heavy (non-hydrogen) atoms. The molecular formula is C19H30ClN3O4S. The Morgan fingerprint density at radius 2 is 1.79 bits per heavy atom. The lowest BCUT2D eigenvalue weighted by atomic mass is 10.1. The van der Waals surface area contributed by atoms with E-state index in [4.69, 9.17) is 10.5 Å². The van der Waals surface area contributed by atoms with E-state index in [9.17, 15) is 13.2 Å². The standard InChI is InChI=1S/C19H29N3O4S.ClH/c20-11-5-15-26-16-9-13-21(14-10-16)19(23)18-8-4-12-22(18)27(24,25)17-6-2-1-3-7-17;/h1-3,6-7,16,18H,4-5,8-15,20H2;1H. The molecule has 1 atom stereocenters. The molecular weight excluding hydrogens is 402 g/mol. The summed E-state index contributed by atoms with van der Waals surface area (Å²) in [6.07, 6.45) is 3.86. The Bertz CT molecular complexity index is 724. The molecule has 9 heteroatoms. The number of nitrogens with zero attached hydrogens (tertiary/aromatic N) is 2. The van der Waals surface area contributed by atoms with Crippen molar-refractivity contribution in [2.24, 2.45) is 5.73 Å². The largest absolute Gasteiger partial charge is 0.378 e. The number of rotatable bonds is 7. The summed E-state index contributed by atoms with van der Waals surface area (Å²) in [6.45, 7) is 2.89. The van der Waals surface area contributed by atoms with Gasteiger partial charge in [-0.3, -0.25) is 4.79 Å². The number of nitrogens with two attached hydrogens (primary N) is 1. The first kappa shape index (κ1) is 23.1. The molecule has 0 bridgehead atoms. The lowest BCUT2D eigenvalue weighted by molar-refractivity contribution is -0.137. The number of sulfonamides is 1. The number of likely N-dealkylation sites (tertiary alicyclic amines) is 1. The van der Waals surface area contributed by atoms with Crippen LogP contribution in [0.25, 0.3) is 0 Å². The number of amides is 1. The van der Waals surface area contributed by atoms with Crippen molar-refractivity contribution in [3.8, 4) is 0 Å². The van der Waals surface area contributed by atoms with Gasteiger partial charge in [-0.1, -0.05) is 18.2 Å². The second-order valence-electron chi connectivity index (χ2n) is 7.12. The van der Waals surface area contributed by atoms with E-state index in [1.807, 2.05) is 0 Å². The molecule has 2 aliphatic rings. The molecule has 0 radical (unpaired) electrons. The number of benzene rings is 1. The number of carbonyl (C=O) groups excluding carboxylic acids is 1. The summed E-state index contributed by atoms with van der Waals surface area (Å²) in [5.74, 6) is -0.0765. The number of hydrogen-bond donors (Lipinski definition) is 1. The van der Waals surface area contributed by atoms with Crippen LogP contribution in [0, 0.1) is 0 Å². The van der Waals surface area contributed by atoms with E-state index in [0.717, 1.165) is 19.3 Å². The maximum Gasteiger partial charge on any atom is 0.243 e. The van der Waals surface area contributed by atoms with E-state index in [0.29, 0.717) is 45.6 Å². The van der Waals surface area contributed by atoms with Crippen molar-refractivity contribution in [2.45, 2.75) is 49.1 Å². The summed E-state index contributed by atoms with van der Waals surface area (Å²) in [4.78, 5) is 15.1. The molecule has 3 rings (SSSR count). The molecule has 1 aromatic rings. The molecule has 0 saturated carbocycles. The quantitative estimate of drug-likeness (QED) is 0.662. The zero-order valence-electron chi connectivity index (χ0n) is 16.0. The zero-order chi connectivity index (χ0) is 19.3. The van der Waals surface area contributed by atoms with E-state index in [2.05, 4.69) is 0 Å². The minimum Gasteiger partial charge on any atom is -0.378 e. The molecule has 2 aliphatic heterocycles. The Morgan fingerprint density at radius 1 is 1.11 bits per heavy atom. The van der Waals surface area contributed by atoms with Crippen molar-refractivity contribution in [1.82, 2.24) is 9.21 Å². The van der Waals surface area contributed by atoms with Crippen LogP contribution in [-0.4, -0.2) is 68.5 Å². The predicted molar refractivity (Wildman–Crippen MR) is 110 cm³/mol. The normalized spacial score (nSPS) is 21.5. The Kier molecular flexibility index (Phi) is 8.70. The number of halogens is 1. The second-order valence-corrected chi connectivity index (χ2v) is 9.02. The van der Waals surface area contributed by atoms with E-state index in [-0.39, 0.29) is 29.3 Å². The van der Waals surface area contributed by atoms with Crippen LogP contribution in [0.2, 0.25) is 0 Å². The first-order valence-corrected chi connectivity index (χ1v) is 11.2. The molecule has 0 aromatic heterocycles. The highest BCUT2D eigenvalue weighted by Gasteiger charge is 2.41. The summed E-state index contributed by atoms with van der Waals surface area (Å²) in [6, 6.07) is 7.76. The highest BCUT2D eigenvalue weighted by atomic mass is 35.5. The second kappa shape index (κ2) is 10.5. The van der Waals surface area contributed by atoms with Gasteiger partial charge in [-0.2, -0.15) is 4.31 Å². The Morgan fingerprint density at radius 3 is 2.43 bits per heavy atom. The molecule has 1 amide bonds. The number of ether oxygens (including phenoxy) is 1. The smallest absolute Gasteiger partial charge is 0.243 e. The predicted octanol–water partition coefficient (Wildman–Crippen LogP) is 1.62. The summed E-state index contributed by atoms with van der Waals surface area (Å²) in [5.41, 5.74) is 5.48. The third-order valence-electron chi connectivity index (χ3n) is 5.29. The monoisotopic (exact) mass is 431 g/mol. The van der Waals surface area contributed by atoms with Gasteiger partial charge in [0.25, 0.3) is 0 Å². The third kappa shape index (κ3) is 5.24. The van der Waals surface area contributed by atoms with Crippen LogP contribution in [0.3, 0.4) is 0 Å². The van der Waals surface area contributed by atoms with E-state index in [1.54, 1.807) is 35.2 Å². The highest BCUT2D eigenvalue weighted by molar-refractivity contribution is 7.89. The van der Waals surface area contributed by atoms with Gasteiger partial charge in [-0.05, 0) is 50.8 Å². The Hall–Kier alpha value is -1.19. The molecule has 2 fully saturated rings. The first-order valence-electron chi connectivity index (χ1n) is 9.71. The first-order chi connectivity index (χ1) is 13.0. The summed E-state index contributed by atoms with van der Waals surface area (Å²) >= 11 is 0. The number of hydrogen-bond acceptors (Lipinski definition) is 5. The molecule has 7 nitrogen and oxygen atoms in total. The molecule has 1 unspecified atom stereocenters. The molecule has 1 aromatic carbocycles. The third-order valence-corrected chi connectivity index (χ3v) is 7.22. The van der Waals surface area contributed by atoms with Gasteiger partial charge in [-0.15, -0.1) is 12.4 Å². The highest BCUT2D eigenvalue weighted by Crippen LogP contribution is 2.28. The van der Waals surface area contributed by atoms with Gasteiger partial charge in [0.2, 0.25) is 15.9 Å². The lowest BCUT2D eigenvalue weighted by Crippen LogP contribution is -2.50. The minimum absolute atomic E-state index is 0.